The molecule has 1 rings (SSSR count). The minimum absolute atomic E-state index is 0. The predicted octanol–water partition coefficient (Wildman–Crippen LogP) is 3.15. The Balaban J connectivity index is 0.00000676. The monoisotopic (exact) mass is 492 g/mol. The fourth-order valence-electron chi connectivity index (χ4n) is 2.03. The summed E-state index contributed by atoms with van der Waals surface area (Å²) in [6, 6.07) is 9.71. The number of para-hydroxylation sites is 1. The minimum atomic E-state index is -0.479. The Morgan fingerprint density at radius 3 is 2.33 bits per heavy atom. The number of carbonyl (C=O) groups is 1. The van der Waals surface area contributed by atoms with Gasteiger partial charge in [-0.15, -0.1) is 24.0 Å². The van der Waals surface area contributed by atoms with Crippen molar-refractivity contribution in [2.24, 2.45) is 4.99 Å². The normalized spacial score (nSPS) is 12.4. The molecule has 1 unspecified atom stereocenters. The van der Waals surface area contributed by atoms with E-state index in [-0.39, 0.29) is 30.1 Å². The number of amides is 1. The maximum atomic E-state index is 11.5. The van der Waals surface area contributed by atoms with Crippen LogP contribution in [-0.2, 0) is 4.74 Å². The molecule has 1 aromatic carbocycles. The SMILES string of the molecule is CN=C(NCCCNC(=O)OC(C)(C)C)NCC(C)Oc1ccccc1.I. The van der Waals surface area contributed by atoms with Crippen LogP contribution in [0.1, 0.15) is 34.1 Å². The molecule has 0 radical (unpaired) electrons. The van der Waals surface area contributed by atoms with Crippen molar-refractivity contribution in [3.63, 3.8) is 0 Å². The first-order chi connectivity index (χ1) is 12.3. The maximum Gasteiger partial charge on any atom is 0.407 e. The summed E-state index contributed by atoms with van der Waals surface area (Å²) in [6.45, 7) is 9.36. The molecule has 7 nitrogen and oxygen atoms in total. The van der Waals surface area contributed by atoms with E-state index in [2.05, 4.69) is 20.9 Å². The molecule has 0 aliphatic heterocycles. The van der Waals surface area contributed by atoms with Crippen LogP contribution in [0.25, 0.3) is 0 Å². The number of benzene rings is 1. The zero-order valence-corrected chi connectivity index (χ0v) is 19.2. The van der Waals surface area contributed by atoms with E-state index in [1.54, 1.807) is 7.05 Å². The molecule has 3 N–H and O–H groups in total. The third-order valence-electron chi connectivity index (χ3n) is 3.18. The number of carbonyl (C=O) groups excluding carboxylic acids is 1. The molecule has 1 aromatic rings. The molecular weight excluding hydrogens is 459 g/mol. The Morgan fingerprint density at radius 2 is 1.74 bits per heavy atom. The van der Waals surface area contributed by atoms with E-state index in [0.717, 1.165) is 12.2 Å². The van der Waals surface area contributed by atoms with Crippen LogP contribution >= 0.6 is 24.0 Å². The van der Waals surface area contributed by atoms with Gasteiger partial charge in [-0.1, -0.05) is 18.2 Å². The summed E-state index contributed by atoms with van der Waals surface area (Å²) in [5.41, 5.74) is -0.479. The van der Waals surface area contributed by atoms with Gasteiger partial charge in [-0.2, -0.15) is 0 Å². The first-order valence-corrected chi connectivity index (χ1v) is 8.93. The van der Waals surface area contributed by atoms with Gasteiger partial charge in [-0.25, -0.2) is 4.79 Å². The van der Waals surface area contributed by atoms with E-state index < -0.39 is 11.7 Å². The third-order valence-corrected chi connectivity index (χ3v) is 3.18. The molecule has 0 spiro atoms. The summed E-state index contributed by atoms with van der Waals surface area (Å²) in [5.74, 6) is 1.55. The Hall–Kier alpha value is -1.71. The van der Waals surface area contributed by atoms with Crippen molar-refractivity contribution in [2.75, 3.05) is 26.7 Å². The van der Waals surface area contributed by atoms with E-state index in [1.165, 1.54) is 0 Å². The van der Waals surface area contributed by atoms with E-state index in [4.69, 9.17) is 9.47 Å². The van der Waals surface area contributed by atoms with Crippen molar-refractivity contribution in [1.29, 1.82) is 0 Å². The highest BCUT2D eigenvalue weighted by Crippen LogP contribution is 2.10. The summed E-state index contributed by atoms with van der Waals surface area (Å²) in [5, 5.41) is 9.15. The Kier molecular flexibility index (Phi) is 12.6. The molecule has 27 heavy (non-hydrogen) atoms. The summed E-state index contributed by atoms with van der Waals surface area (Å²) >= 11 is 0. The molecule has 0 saturated heterocycles. The van der Waals surface area contributed by atoms with Gasteiger partial charge in [-0.05, 0) is 46.2 Å². The van der Waals surface area contributed by atoms with Crippen molar-refractivity contribution >= 4 is 36.0 Å². The number of nitrogens with zero attached hydrogens (tertiary/aromatic N) is 1. The van der Waals surface area contributed by atoms with Crippen LogP contribution in [0.2, 0.25) is 0 Å². The third kappa shape index (κ3) is 13.2. The Bertz CT molecular complexity index is 562. The van der Waals surface area contributed by atoms with Gasteiger partial charge < -0.3 is 25.4 Å². The lowest BCUT2D eigenvalue weighted by molar-refractivity contribution is 0.0527. The van der Waals surface area contributed by atoms with Gasteiger partial charge in [0.05, 0.1) is 6.54 Å². The van der Waals surface area contributed by atoms with Gasteiger partial charge in [-0.3, -0.25) is 4.99 Å². The molecular formula is C19H33IN4O3. The standard InChI is InChI=1S/C19H32N4O3.HI/c1-15(25-16-10-7-6-8-11-16)14-23-17(20-5)21-12-9-13-22-18(24)26-19(2,3)4;/h6-8,10-11,15H,9,12-14H2,1-5H3,(H,22,24)(H2,20,21,23);1H. The maximum absolute atomic E-state index is 11.5. The van der Waals surface area contributed by atoms with Gasteiger partial charge in [0.1, 0.15) is 17.5 Å². The van der Waals surface area contributed by atoms with Crippen molar-refractivity contribution < 1.29 is 14.3 Å². The molecule has 0 fully saturated rings. The number of rotatable bonds is 8. The van der Waals surface area contributed by atoms with Gasteiger partial charge in [0.25, 0.3) is 0 Å². The second kappa shape index (κ2) is 13.5. The van der Waals surface area contributed by atoms with Crippen LogP contribution in [-0.4, -0.2) is 50.4 Å². The molecule has 0 aliphatic rings. The van der Waals surface area contributed by atoms with E-state index in [1.807, 2.05) is 58.0 Å². The molecule has 0 bridgehead atoms. The number of alkyl carbamates (subject to hydrolysis) is 1. The minimum Gasteiger partial charge on any atom is -0.489 e. The Labute approximate surface area is 179 Å². The largest absolute Gasteiger partial charge is 0.489 e. The zero-order valence-electron chi connectivity index (χ0n) is 16.9. The number of ether oxygens (including phenoxy) is 2. The lowest BCUT2D eigenvalue weighted by Gasteiger charge is -2.20. The van der Waals surface area contributed by atoms with Crippen LogP contribution in [0, 0.1) is 0 Å². The number of halogens is 1. The molecule has 0 aliphatic carbocycles. The number of hydrogen-bond acceptors (Lipinski definition) is 4. The van der Waals surface area contributed by atoms with Crippen LogP contribution in [0.3, 0.4) is 0 Å². The van der Waals surface area contributed by atoms with E-state index in [9.17, 15) is 4.79 Å². The number of guanidine groups is 1. The van der Waals surface area contributed by atoms with Crippen molar-refractivity contribution in [3.8, 4) is 5.75 Å². The van der Waals surface area contributed by atoms with Gasteiger partial charge in [0.2, 0.25) is 0 Å². The van der Waals surface area contributed by atoms with Gasteiger partial charge in [0.15, 0.2) is 5.96 Å². The van der Waals surface area contributed by atoms with Crippen LogP contribution in [0.5, 0.6) is 5.75 Å². The van der Waals surface area contributed by atoms with Crippen LogP contribution < -0.4 is 20.7 Å². The first kappa shape index (κ1) is 25.3. The molecule has 0 heterocycles. The van der Waals surface area contributed by atoms with E-state index >= 15 is 0 Å². The highest BCUT2D eigenvalue weighted by Gasteiger charge is 2.15. The summed E-state index contributed by atoms with van der Waals surface area (Å²) in [4.78, 5) is 15.7. The average molecular weight is 492 g/mol. The molecule has 8 heteroatoms. The fraction of sp³-hybridized carbons (Fsp3) is 0.579. The molecule has 1 amide bonds. The second-order valence-corrected chi connectivity index (χ2v) is 6.90. The van der Waals surface area contributed by atoms with E-state index in [0.29, 0.717) is 25.6 Å². The highest BCUT2D eigenvalue weighted by atomic mass is 127. The van der Waals surface area contributed by atoms with Crippen LogP contribution in [0.15, 0.2) is 35.3 Å². The molecule has 154 valence electrons. The first-order valence-electron chi connectivity index (χ1n) is 8.93. The predicted molar refractivity (Wildman–Crippen MR) is 120 cm³/mol. The molecule has 0 aromatic heterocycles. The number of nitrogens with one attached hydrogen (secondary N) is 3. The molecule has 0 saturated carbocycles. The van der Waals surface area contributed by atoms with Crippen molar-refractivity contribution in [1.82, 2.24) is 16.0 Å². The number of hydrogen-bond donors (Lipinski definition) is 3. The second-order valence-electron chi connectivity index (χ2n) is 6.90. The fourth-order valence-corrected chi connectivity index (χ4v) is 2.03. The smallest absolute Gasteiger partial charge is 0.407 e. The Morgan fingerprint density at radius 1 is 1.11 bits per heavy atom. The zero-order chi connectivity index (χ0) is 19.4. The lowest BCUT2D eigenvalue weighted by Crippen LogP contribution is -2.42. The van der Waals surface area contributed by atoms with Crippen molar-refractivity contribution in [3.05, 3.63) is 30.3 Å². The topological polar surface area (TPSA) is 84.0 Å². The van der Waals surface area contributed by atoms with Gasteiger partial charge in [0, 0.05) is 20.1 Å². The lowest BCUT2D eigenvalue weighted by atomic mass is 10.2. The van der Waals surface area contributed by atoms with Crippen LogP contribution in [0.4, 0.5) is 4.79 Å². The summed E-state index contributed by atoms with van der Waals surface area (Å²) < 4.78 is 11.0. The molecule has 1 atom stereocenters. The highest BCUT2D eigenvalue weighted by molar-refractivity contribution is 14.0. The van der Waals surface area contributed by atoms with Gasteiger partial charge >= 0.3 is 6.09 Å². The summed E-state index contributed by atoms with van der Waals surface area (Å²) in [6.07, 6.45) is 0.368. The van der Waals surface area contributed by atoms with Crippen molar-refractivity contribution in [2.45, 2.75) is 45.8 Å². The summed E-state index contributed by atoms with van der Waals surface area (Å²) in [7, 11) is 1.72. The number of aliphatic imine (C=N–C) groups is 1. The average Bonchev–Trinajstić information content (AvgIpc) is 2.56. The quantitative estimate of drug-likeness (QED) is 0.225.